The van der Waals surface area contributed by atoms with Crippen LogP contribution in [0.2, 0.25) is 0 Å². The van der Waals surface area contributed by atoms with Gasteiger partial charge < -0.3 is 14.9 Å². The molecule has 176 valence electrons. The Morgan fingerprint density at radius 2 is 1.60 bits per heavy atom. The van der Waals surface area contributed by atoms with Gasteiger partial charge in [0.1, 0.15) is 18.2 Å². The highest BCUT2D eigenvalue weighted by Gasteiger charge is 2.54. The summed E-state index contributed by atoms with van der Waals surface area (Å²) in [5.74, 6) is 4.44. The summed E-state index contributed by atoms with van der Waals surface area (Å²) >= 11 is 0. The van der Waals surface area contributed by atoms with Gasteiger partial charge in [0, 0.05) is 29.2 Å². The van der Waals surface area contributed by atoms with Crippen molar-refractivity contribution in [2.45, 2.75) is 18.0 Å². The third kappa shape index (κ3) is 4.41. The molecule has 3 aromatic carbocycles. The molecule has 0 aromatic heterocycles. The average Bonchev–Trinajstić information content (AvgIpc) is 2.85. The first-order valence-electron chi connectivity index (χ1n) is 11.3. The van der Waals surface area contributed by atoms with Crippen molar-refractivity contribution in [1.29, 1.82) is 0 Å². The van der Waals surface area contributed by atoms with E-state index >= 15 is 0 Å². The van der Waals surface area contributed by atoms with Crippen molar-refractivity contribution >= 4 is 11.8 Å². The molecule has 2 saturated heterocycles. The van der Waals surface area contributed by atoms with E-state index < -0.39 is 11.7 Å². The summed E-state index contributed by atoms with van der Waals surface area (Å²) in [5.41, 5.74) is 2.61. The molecule has 35 heavy (non-hydrogen) atoms. The normalized spacial score (nSPS) is 21.0. The lowest BCUT2D eigenvalue weighted by Gasteiger charge is -2.58. The van der Waals surface area contributed by atoms with Crippen LogP contribution in [0.1, 0.15) is 33.0 Å². The molecule has 2 heterocycles. The van der Waals surface area contributed by atoms with Gasteiger partial charge in [-0.25, -0.2) is 8.78 Å². The van der Waals surface area contributed by atoms with Gasteiger partial charge >= 0.3 is 0 Å². The maximum Gasteiger partial charge on any atom is 0.254 e. The molecule has 0 bridgehead atoms. The fourth-order valence-corrected chi connectivity index (χ4v) is 4.92. The Morgan fingerprint density at radius 1 is 0.943 bits per heavy atom. The molecule has 0 saturated carbocycles. The number of aliphatic hydroxyl groups is 1. The molecule has 2 aliphatic heterocycles. The SMILES string of the molecule is O=C(c1cccc(F)c1)N1CC(=O)N2[C@H](CO)[C@@H](c3ccc(C#Cc4ccc(F)cc4)cc3)[C@@H]2C1. The number of halogens is 2. The fraction of sp³-hybridized carbons (Fsp3) is 0.214. The largest absolute Gasteiger partial charge is 0.394 e. The zero-order valence-corrected chi connectivity index (χ0v) is 18.7. The molecule has 0 radical (unpaired) electrons. The van der Waals surface area contributed by atoms with Crippen LogP contribution < -0.4 is 0 Å². The fourth-order valence-electron chi connectivity index (χ4n) is 4.92. The number of benzene rings is 3. The van der Waals surface area contributed by atoms with Crippen LogP contribution in [-0.2, 0) is 4.79 Å². The molecule has 3 atom stereocenters. The number of nitrogens with zero attached hydrogens (tertiary/aromatic N) is 2. The predicted molar refractivity (Wildman–Crippen MR) is 125 cm³/mol. The van der Waals surface area contributed by atoms with Crippen LogP contribution in [0.4, 0.5) is 8.78 Å². The number of rotatable bonds is 3. The van der Waals surface area contributed by atoms with E-state index in [9.17, 15) is 23.5 Å². The van der Waals surface area contributed by atoms with Crippen molar-refractivity contribution in [2.75, 3.05) is 19.7 Å². The highest BCUT2D eigenvalue weighted by molar-refractivity contribution is 5.97. The summed E-state index contributed by atoms with van der Waals surface area (Å²) in [6.07, 6.45) is 0. The molecule has 3 aromatic rings. The zero-order valence-electron chi connectivity index (χ0n) is 18.7. The van der Waals surface area contributed by atoms with E-state index in [4.69, 9.17) is 0 Å². The summed E-state index contributed by atoms with van der Waals surface area (Å²) in [6, 6.07) is 18.3. The predicted octanol–water partition coefficient (Wildman–Crippen LogP) is 3.18. The van der Waals surface area contributed by atoms with Gasteiger partial charge in [-0.05, 0) is 60.2 Å². The van der Waals surface area contributed by atoms with Gasteiger partial charge in [-0.2, -0.15) is 0 Å². The maximum absolute atomic E-state index is 13.6. The second-order valence-electron chi connectivity index (χ2n) is 8.72. The summed E-state index contributed by atoms with van der Waals surface area (Å²) in [5, 5.41) is 9.98. The smallest absolute Gasteiger partial charge is 0.254 e. The number of fused-ring (bicyclic) bond motifs is 1. The Balaban J connectivity index is 1.34. The Bertz CT molecular complexity index is 1330. The number of carbonyl (C=O) groups is 2. The molecule has 7 heteroatoms. The molecule has 1 N–H and O–H groups in total. The second-order valence-corrected chi connectivity index (χ2v) is 8.72. The lowest BCUT2D eigenvalue weighted by Crippen LogP contribution is -2.73. The first-order chi connectivity index (χ1) is 16.9. The van der Waals surface area contributed by atoms with Crippen LogP contribution in [0.15, 0.2) is 72.8 Å². The zero-order chi connectivity index (χ0) is 24.5. The first kappa shape index (κ1) is 22.8. The quantitative estimate of drug-likeness (QED) is 0.596. The van der Waals surface area contributed by atoms with Crippen LogP contribution >= 0.6 is 0 Å². The van der Waals surface area contributed by atoms with Crippen LogP contribution in [-0.4, -0.2) is 58.5 Å². The number of carbonyl (C=O) groups excluding carboxylic acids is 2. The van der Waals surface area contributed by atoms with E-state index in [2.05, 4.69) is 11.8 Å². The topological polar surface area (TPSA) is 60.9 Å². The number of hydrogen-bond donors (Lipinski definition) is 1. The van der Waals surface area contributed by atoms with Crippen molar-refractivity contribution < 1.29 is 23.5 Å². The van der Waals surface area contributed by atoms with Crippen LogP contribution in [0.25, 0.3) is 0 Å². The molecule has 0 spiro atoms. The van der Waals surface area contributed by atoms with Crippen molar-refractivity contribution in [3.63, 3.8) is 0 Å². The lowest BCUT2D eigenvalue weighted by molar-refractivity contribution is -0.159. The van der Waals surface area contributed by atoms with E-state index in [0.29, 0.717) is 12.1 Å². The van der Waals surface area contributed by atoms with Crippen molar-refractivity contribution in [3.05, 3.63) is 107 Å². The minimum Gasteiger partial charge on any atom is -0.394 e. The first-order valence-corrected chi connectivity index (χ1v) is 11.3. The van der Waals surface area contributed by atoms with Crippen molar-refractivity contribution in [2.24, 2.45) is 0 Å². The number of piperazine rings is 1. The van der Waals surface area contributed by atoms with Gasteiger partial charge in [0.2, 0.25) is 5.91 Å². The minimum atomic E-state index is -0.509. The molecule has 5 nitrogen and oxygen atoms in total. The molecule has 0 unspecified atom stereocenters. The highest BCUT2D eigenvalue weighted by atomic mass is 19.1. The van der Waals surface area contributed by atoms with Gasteiger partial charge in [-0.3, -0.25) is 9.59 Å². The summed E-state index contributed by atoms with van der Waals surface area (Å²) in [6.45, 7) is 0.0121. The van der Waals surface area contributed by atoms with Crippen LogP contribution in [0, 0.1) is 23.5 Å². The van der Waals surface area contributed by atoms with E-state index in [0.717, 1.165) is 11.1 Å². The van der Waals surface area contributed by atoms with Gasteiger partial charge in [0.15, 0.2) is 0 Å². The number of amides is 2. The van der Waals surface area contributed by atoms with Gasteiger partial charge in [0.25, 0.3) is 5.91 Å². The average molecular weight is 472 g/mol. The van der Waals surface area contributed by atoms with Crippen LogP contribution in [0.5, 0.6) is 0 Å². The summed E-state index contributed by atoms with van der Waals surface area (Å²) in [7, 11) is 0. The molecule has 2 amide bonds. The Kier molecular flexibility index (Phi) is 6.06. The molecule has 2 aliphatic rings. The van der Waals surface area contributed by atoms with Crippen LogP contribution in [0.3, 0.4) is 0 Å². The van der Waals surface area contributed by atoms with Gasteiger partial charge in [-0.1, -0.05) is 30.0 Å². The molecule has 5 rings (SSSR count). The van der Waals surface area contributed by atoms with E-state index in [-0.39, 0.29) is 48.4 Å². The number of hydrogen-bond acceptors (Lipinski definition) is 3. The molecular formula is C28H22F2N2O3. The van der Waals surface area contributed by atoms with Crippen molar-refractivity contribution in [1.82, 2.24) is 9.80 Å². The Labute approximate surface area is 201 Å². The monoisotopic (exact) mass is 472 g/mol. The molecule has 2 fully saturated rings. The minimum absolute atomic E-state index is 0.104. The highest BCUT2D eigenvalue weighted by Crippen LogP contribution is 2.43. The third-order valence-electron chi connectivity index (χ3n) is 6.60. The second kappa shape index (κ2) is 9.32. The number of aliphatic hydroxyl groups excluding tert-OH is 1. The Morgan fingerprint density at radius 3 is 2.23 bits per heavy atom. The third-order valence-corrected chi connectivity index (χ3v) is 6.60. The maximum atomic E-state index is 13.6. The van der Waals surface area contributed by atoms with E-state index in [1.54, 1.807) is 17.0 Å². The van der Waals surface area contributed by atoms with Gasteiger partial charge in [-0.15, -0.1) is 0 Å². The summed E-state index contributed by atoms with van der Waals surface area (Å²) in [4.78, 5) is 28.8. The molecular weight excluding hydrogens is 450 g/mol. The van der Waals surface area contributed by atoms with Crippen molar-refractivity contribution in [3.8, 4) is 11.8 Å². The van der Waals surface area contributed by atoms with Gasteiger partial charge in [0.05, 0.1) is 18.7 Å². The van der Waals surface area contributed by atoms with E-state index in [1.807, 2.05) is 24.3 Å². The lowest BCUT2D eigenvalue weighted by atomic mass is 9.73. The Hall–Kier alpha value is -4.02. The molecule has 0 aliphatic carbocycles. The van der Waals surface area contributed by atoms with E-state index in [1.165, 1.54) is 41.3 Å². The standard InChI is InChI=1S/C28H22F2N2O3/c29-22-12-8-19(9-13-22)5-4-18-6-10-20(11-7-18)27-24-15-31(16-26(34)32(24)25(27)17-33)28(35)21-2-1-3-23(30)14-21/h1-3,6-14,24-25,27,33H,15-17H2/t24-,25+,27-/m0/s1. The summed E-state index contributed by atoms with van der Waals surface area (Å²) < 4.78 is 26.7.